The molecule has 2 aliphatic heterocycles. The molecule has 1 aromatic rings. The maximum atomic E-state index is 12.7. The maximum absolute atomic E-state index is 12.7. The van der Waals surface area contributed by atoms with Crippen LogP contribution >= 0.6 is 0 Å². The zero-order valence-corrected chi connectivity index (χ0v) is 11.3. The summed E-state index contributed by atoms with van der Waals surface area (Å²) in [6, 6.07) is 7.58. The average molecular weight is 274 g/mol. The number of carbonyl (C=O) groups is 1. The van der Waals surface area contributed by atoms with E-state index in [4.69, 9.17) is 9.94 Å². The Bertz CT molecular complexity index is 536. The molecule has 20 heavy (non-hydrogen) atoms. The Labute approximate surface area is 117 Å². The van der Waals surface area contributed by atoms with Gasteiger partial charge >= 0.3 is 0 Å². The third kappa shape index (κ3) is 2.29. The van der Waals surface area contributed by atoms with Gasteiger partial charge in [-0.1, -0.05) is 23.4 Å². The molecule has 1 fully saturated rings. The molecule has 5 nitrogen and oxygen atoms in total. The highest BCUT2D eigenvalue weighted by Crippen LogP contribution is 2.29. The molecule has 0 radical (unpaired) electrons. The normalized spacial score (nSPS) is 24.5. The molecule has 1 atom stereocenters. The fraction of sp³-hybridized carbons (Fsp3) is 0.467. The molecule has 0 aromatic heterocycles. The Morgan fingerprint density at radius 2 is 2.25 bits per heavy atom. The summed E-state index contributed by atoms with van der Waals surface area (Å²) < 4.78 is 5.41. The monoisotopic (exact) mass is 274 g/mol. The number of hydrogen-bond acceptors (Lipinski definition) is 4. The first-order valence-electron chi connectivity index (χ1n) is 7.00. The van der Waals surface area contributed by atoms with Crippen molar-refractivity contribution in [3.8, 4) is 0 Å². The topological polar surface area (TPSA) is 62.1 Å². The number of para-hydroxylation sites is 1. The molecule has 1 saturated heterocycles. The largest absolute Gasteiger partial charge is 0.411 e. The van der Waals surface area contributed by atoms with E-state index in [0.29, 0.717) is 25.3 Å². The van der Waals surface area contributed by atoms with Gasteiger partial charge in [-0.05, 0) is 18.9 Å². The number of carbonyl (C=O) groups excluding carboxylic acids is 1. The van der Waals surface area contributed by atoms with E-state index in [0.717, 1.165) is 30.7 Å². The van der Waals surface area contributed by atoms with E-state index in [-0.39, 0.29) is 11.8 Å². The van der Waals surface area contributed by atoms with Crippen LogP contribution in [-0.2, 0) is 9.53 Å². The van der Waals surface area contributed by atoms with E-state index in [2.05, 4.69) is 5.16 Å². The molecule has 1 N–H and O–H groups in total. The minimum atomic E-state index is -0.0515. The van der Waals surface area contributed by atoms with E-state index in [1.54, 1.807) is 0 Å². The molecule has 1 amide bonds. The predicted octanol–water partition coefficient (Wildman–Crippen LogP) is 2.03. The number of fused-ring (bicyclic) bond motifs is 1. The predicted molar refractivity (Wildman–Crippen MR) is 75.3 cm³/mol. The van der Waals surface area contributed by atoms with Gasteiger partial charge in [0.15, 0.2) is 0 Å². The summed E-state index contributed by atoms with van der Waals surface area (Å²) in [6.07, 6.45) is 2.40. The minimum absolute atomic E-state index is 0.0515. The van der Waals surface area contributed by atoms with Crippen molar-refractivity contribution in [2.45, 2.75) is 19.3 Å². The number of oxime groups is 1. The van der Waals surface area contributed by atoms with Crippen molar-refractivity contribution < 1.29 is 14.7 Å². The van der Waals surface area contributed by atoms with Crippen LogP contribution in [0.2, 0.25) is 0 Å². The molecule has 5 heteroatoms. The van der Waals surface area contributed by atoms with Gasteiger partial charge in [0.1, 0.15) is 0 Å². The van der Waals surface area contributed by atoms with Gasteiger partial charge in [-0.25, -0.2) is 0 Å². The van der Waals surface area contributed by atoms with Gasteiger partial charge in [-0.2, -0.15) is 0 Å². The van der Waals surface area contributed by atoms with Crippen molar-refractivity contribution in [1.29, 1.82) is 0 Å². The second-order valence-corrected chi connectivity index (χ2v) is 5.22. The van der Waals surface area contributed by atoms with Crippen LogP contribution in [0.3, 0.4) is 0 Å². The zero-order chi connectivity index (χ0) is 13.9. The summed E-state index contributed by atoms with van der Waals surface area (Å²) in [4.78, 5) is 14.5. The lowest BCUT2D eigenvalue weighted by Gasteiger charge is -2.33. The number of benzene rings is 1. The van der Waals surface area contributed by atoms with Gasteiger partial charge in [0.2, 0.25) is 5.91 Å². The number of amides is 1. The van der Waals surface area contributed by atoms with E-state index in [1.807, 2.05) is 29.2 Å². The molecule has 1 unspecified atom stereocenters. The van der Waals surface area contributed by atoms with E-state index >= 15 is 0 Å². The highest BCUT2D eigenvalue weighted by molar-refractivity contribution is 6.11. The SMILES string of the molecule is O=C(C1CCCOC1)N1CCC(=NO)c2ccccc21. The Balaban J connectivity index is 1.89. The number of rotatable bonds is 1. The molecule has 3 rings (SSSR count). The zero-order valence-electron chi connectivity index (χ0n) is 11.3. The van der Waals surface area contributed by atoms with Crippen LogP contribution in [0.4, 0.5) is 5.69 Å². The van der Waals surface area contributed by atoms with Crippen LogP contribution in [0, 0.1) is 5.92 Å². The van der Waals surface area contributed by atoms with Crippen LogP contribution in [0.1, 0.15) is 24.8 Å². The minimum Gasteiger partial charge on any atom is -0.411 e. The van der Waals surface area contributed by atoms with Crippen molar-refractivity contribution >= 4 is 17.3 Å². The van der Waals surface area contributed by atoms with E-state index in [1.165, 1.54) is 0 Å². The fourth-order valence-electron chi connectivity index (χ4n) is 2.91. The first kappa shape index (κ1) is 13.1. The Kier molecular flexibility index (Phi) is 3.69. The average Bonchev–Trinajstić information content (AvgIpc) is 2.54. The Morgan fingerprint density at radius 1 is 1.40 bits per heavy atom. The van der Waals surface area contributed by atoms with Crippen LogP contribution < -0.4 is 4.90 Å². The lowest BCUT2D eigenvalue weighted by Crippen LogP contribution is -2.43. The summed E-state index contributed by atoms with van der Waals surface area (Å²) in [6.45, 7) is 1.83. The lowest BCUT2D eigenvalue weighted by molar-refractivity contribution is -0.126. The van der Waals surface area contributed by atoms with Crippen LogP contribution in [0.25, 0.3) is 0 Å². The highest BCUT2D eigenvalue weighted by Gasteiger charge is 2.31. The van der Waals surface area contributed by atoms with Crippen LogP contribution in [0.15, 0.2) is 29.4 Å². The third-order valence-corrected chi connectivity index (χ3v) is 3.97. The molecule has 0 spiro atoms. The number of nitrogens with zero attached hydrogens (tertiary/aromatic N) is 2. The van der Waals surface area contributed by atoms with Gasteiger partial charge in [0, 0.05) is 25.1 Å². The van der Waals surface area contributed by atoms with E-state index < -0.39 is 0 Å². The van der Waals surface area contributed by atoms with Crippen molar-refractivity contribution in [3.05, 3.63) is 29.8 Å². The highest BCUT2D eigenvalue weighted by atomic mass is 16.5. The van der Waals surface area contributed by atoms with Gasteiger partial charge in [-0.3, -0.25) is 4.79 Å². The summed E-state index contributed by atoms with van der Waals surface area (Å²) in [5, 5.41) is 12.4. The number of ether oxygens (including phenoxy) is 1. The molecular formula is C15H18N2O3. The maximum Gasteiger partial charge on any atom is 0.232 e. The number of hydrogen-bond donors (Lipinski definition) is 1. The standard InChI is InChI=1S/C15H18N2O3/c18-15(11-4-3-9-20-10-11)17-8-7-13(16-19)12-5-1-2-6-14(12)17/h1-2,5-6,11,19H,3-4,7-10H2. The molecular weight excluding hydrogens is 256 g/mol. The van der Waals surface area contributed by atoms with Gasteiger partial charge in [0.25, 0.3) is 0 Å². The van der Waals surface area contributed by atoms with Crippen molar-refractivity contribution in [3.63, 3.8) is 0 Å². The summed E-state index contributed by atoms with van der Waals surface area (Å²) in [5.41, 5.74) is 2.32. The second kappa shape index (κ2) is 5.63. The molecule has 2 heterocycles. The Hall–Kier alpha value is -1.88. The quantitative estimate of drug-likeness (QED) is 0.629. The van der Waals surface area contributed by atoms with Crippen LogP contribution in [0.5, 0.6) is 0 Å². The lowest BCUT2D eigenvalue weighted by atomic mass is 9.95. The van der Waals surface area contributed by atoms with Crippen LogP contribution in [-0.4, -0.2) is 36.6 Å². The first-order chi connectivity index (χ1) is 9.81. The molecule has 2 aliphatic rings. The van der Waals surface area contributed by atoms with Gasteiger partial charge in [-0.15, -0.1) is 0 Å². The molecule has 0 saturated carbocycles. The fourth-order valence-corrected chi connectivity index (χ4v) is 2.91. The smallest absolute Gasteiger partial charge is 0.232 e. The van der Waals surface area contributed by atoms with Gasteiger partial charge in [0.05, 0.1) is 23.9 Å². The summed E-state index contributed by atoms with van der Waals surface area (Å²) in [5.74, 6) is 0.0681. The van der Waals surface area contributed by atoms with Crippen molar-refractivity contribution in [2.24, 2.45) is 11.1 Å². The van der Waals surface area contributed by atoms with E-state index in [9.17, 15) is 4.79 Å². The summed E-state index contributed by atoms with van der Waals surface area (Å²) >= 11 is 0. The van der Waals surface area contributed by atoms with Crippen molar-refractivity contribution in [1.82, 2.24) is 0 Å². The van der Waals surface area contributed by atoms with Gasteiger partial charge < -0.3 is 14.8 Å². The molecule has 1 aromatic carbocycles. The second-order valence-electron chi connectivity index (χ2n) is 5.22. The molecule has 106 valence electrons. The third-order valence-electron chi connectivity index (χ3n) is 3.97. The first-order valence-corrected chi connectivity index (χ1v) is 7.00. The Morgan fingerprint density at radius 3 is 3.00 bits per heavy atom. The number of anilines is 1. The van der Waals surface area contributed by atoms with Crippen molar-refractivity contribution in [2.75, 3.05) is 24.7 Å². The molecule has 0 bridgehead atoms. The molecule has 0 aliphatic carbocycles. The summed E-state index contributed by atoms with van der Waals surface area (Å²) in [7, 11) is 0.